The van der Waals surface area contributed by atoms with Crippen molar-refractivity contribution in [3.63, 3.8) is 0 Å². The Balaban J connectivity index is 0.000000847. The number of H-pyrrole nitrogens is 1. The lowest BCUT2D eigenvalue weighted by Crippen LogP contribution is -2.04. The van der Waals surface area contributed by atoms with Crippen molar-refractivity contribution in [2.45, 2.75) is 27.2 Å². The van der Waals surface area contributed by atoms with Crippen LogP contribution in [0.15, 0.2) is 41.2 Å². The van der Waals surface area contributed by atoms with Crippen LogP contribution in [0.4, 0.5) is 5.69 Å². The third kappa shape index (κ3) is 2.83. The van der Waals surface area contributed by atoms with Crippen molar-refractivity contribution in [2.24, 2.45) is 0 Å². The molecule has 1 aliphatic rings. The van der Waals surface area contributed by atoms with Gasteiger partial charge in [-0.2, -0.15) is 0 Å². The maximum Gasteiger partial charge on any atom is 0.273 e. The SMILES string of the molecule is CC.Cc1ccc([N+](=O)[O-])c2cc3c(cccc3c(=O)[nH]1)C2. The Bertz CT molecular complexity index is 852. The first-order chi connectivity index (χ1) is 10.6. The van der Waals surface area contributed by atoms with Crippen LogP contribution in [0.3, 0.4) is 0 Å². The lowest BCUT2D eigenvalue weighted by atomic mass is 10.1. The fourth-order valence-electron chi connectivity index (χ4n) is 2.51. The quantitative estimate of drug-likeness (QED) is 0.548. The summed E-state index contributed by atoms with van der Waals surface area (Å²) in [6.45, 7) is 5.71. The number of hydrogen-bond acceptors (Lipinski definition) is 3. The van der Waals surface area contributed by atoms with E-state index in [1.165, 1.54) is 6.07 Å². The molecule has 0 unspecified atom stereocenters. The highest BCUT2D eigenvalue weighted by Crippen LogP contribution is 2.30. The molecule has 0 radical (unpaired) electrons. The summed E-state index contributed by atoms with van der Waals surface area (Å²) < 4.78 is 0. The number of nitrogens with one attached hydrogen (secondary N) is 1. The first kappa shape index (κ1) is 15.7. The standard InChI is InChI=1S/C15H12N2O3.C2H6/c1-9-5-6-14(17(19)20)11-7-10-3-2-4-12(13(10)8-11)15(18)16-9;1-2/h2-6,8H,7H2,1H3,(H,16,18);1-2H3. The maximum atomic E-state index is 12.2. The fraction of sp³-hybridized carbons (Fsp3) is 0.235. The van der Waals surface area contributed by atoms with Gasteiger partial charge in [0.2, 0.25) is 0 Å². The highest BCUT2D eigenvalue weighted by Gasteiger charge is 2.18. The maximum absolute atomic E-state index is 12.2. The van der Waals surface area contributed by atoms with Crippen LogP contribution in [-0.4, -0.2) is 9.91 Å². The van der Waals surface area contributed by atoms with Gasteiger partial charge in [0, 0.05) is 29.1 Å². The number of aryl methyl sites for hydroxylation is 1. The number of aromatic amines is 1. The molecule has 2 aromatic rings. The van der Waals surface area contributed by atoms with Crippen molar-refractivity contribution in [3.8, 4) is 0 Å². The molecule has 0 amide bonds. The van der Waals surface area contributed by atoms with Crippen LogP contribution in [0.2, 0.25) is 0 Å². The number of aromatic nitrogens is 1. The number of nitro groups is 1. The summed E-state index contributed by atoms with van der Waals surface area (Å²) in [7, 11) is 0. The largest absolute Gasteiger partial charge is 0.326 e. The molecule has 1 heterocycles. The minimum atomic E-state index is -0.384. The van der Waals surface area contributed by atoms with E-state index in [-0.39, 0.29) is 16.2 Å². The Morgan fingerprint density at radius 1 is 1.09 bits per heavy atom. The summed E-state index contributed by atoms with van der Waals surface area (Å²) in [6, 6.07) is 10.2. The van der Waals surface area contributed by atoms with Crippen LogP contribution < -0.4 is 5.56 Å². The van der Waals surface area contributed by atoms with Gasteiger partial charge < -0.3 is 4.98 Å². The molecule has 3 rings (SSSR count). The molecule has 22 heavy (non-hydrogen) atoms. The van der Waals surface area contributed by atoms with Crippen LogP contribution in [-0.2, 0) is 6.42 Å². The highest BCUT2D eigenvalue weighted by molar-refractivity contribution is 5.87. The summed E-state index contributed by atoms with van der Waals surface area (Å²) in [4.78, 5) is 25.7. The van der Waals surface area contributed by atoms with E-state index in [1.807, 2.05) is 19.9 Å². The van der Waals surface area contributed by atoms with Crippen molar-refractivity contribution in [3.05, 3.63) is 73.7 Å². The number of fused-ring (bicyclic) bond motifs is 1. The van der Waals surface area contributed by atoms with Crippen LogP contribution in [0.1, 0.15) is 30.7 Å². The van der Waals surface area contributed by atoms with Gasteiger partial charge in [-0.3, -0.25) is 14.9 Å². The Labute approximate surface area is 128 Å². The van der Waals surface area contributed by atoms with E-state index in [9.17, 15) is 14.9 Å². The lowest BCUT2D eigenvalue weighted by Gasteiger charge is -1.95. The topological polar surface area (TPSA) is 76.0 Å². The summed E-state index contributed by atoms with van der Waals surface area (Å²) in [5.41, 5.74) is 2.04. The average molecular weight is 298 g/mol. The Kier molecular flexibility index (Phi) is 4.56. The van der Waals surface area contributed by atoms with E-state index in [0.717, 1.165) is 10.9 Å². The minimum Gasteiger partial charge on any atom is -0.326 e. The summed E-state index contributed by atoms with van der Waals surface area (Å²) in [5.74, 6) is 0. The Morgan fingerprint density at radius 3 is 2.50 bits per heavy atom. The molecule has 1 aromatic heterocycles. The second-order valence-corrected chi connectivity index (χ2v) is 4.84. The Morgan fingerprint density at radius 2 is 1.82 bits per heavy atom. The van der Waals surface area contributed by atoms with Crippen LogP contribution >= 0.6 is 0 Å². The predicted octanol–water partition coefficient (Wildman–Crippen LogP) is 3.80. The molecule has 2 bridgehead atoms. The smallest absolute Gasteiger partial charge is 0.273 e. The third-order valence-corrected chi connectivity index (χ3v) is 3.47. The number of hydrogen-bond donors (Lipinski definition) is 1. The van der Waals surface area contributed by atoms with E-state index in [4.69, 9.17) is 0 Å². The summed E-state index contributed by atoms with van der Waals surface area (Å²) in [5, 5.41) is 12.5. The second kappa shape index (κ2) is 6.39. The van der Waals surface area contributed by atoms with Gasteiger partial charge in [-0.25, -0.2) is 0 Å². The zero-order chi connectivity index (χ0) is 16.3. The van der Waals surface area contributed by atoms with Gasteiger partial charge in [-0.1, -0.05) is 26.0 Å². The van der Waals surface area contributed by atoms with Gasteiger partial charge in [-0.15, -0.1) is 0 Å². The van der Waals surface area contributed by atoms with E-state index in [0.29, 0.717) is 23.1 Å². The molecule has 5 nitrogen and oxygen atoms in total. The molecule has 1 N–H and O–H groups in total. The van der Waals surface area contributed by atoms with Gasteiger partial charge in [0.05, 0.1) is 4.92 Å². The molecule has 114 valence electrons. The normalized spacial score (nSPS) is 10.9. The van der Waals surface area contributed by atoms with E-state index < -0.39 is 0 Å². The number of rotatable bonds is 1. The predicted molar refractivity (Wildman–Crippen MR) is 87.7 cm³/mol. The van der Waals surface area contributed by atoms with Crippen molar-refractivity contribution >= 4 is 16.5 Å². The van der Waals surface area contributed by atoms with Crippen LogP contribution in [0.5, 0.6) is 0 Å². The Hall–Kier alpha value is -2.69. The van der Waals surface area contributed by atoms with Gasteiger partial charge in [0.25, 0.3) is 11.2 Å². The van der Waals surface area contributed by atoms with E-state index >= 15 is 0 Å². The van der Waals surface area contributed by atoms with Gasteiger partial charge in [0.1, 0.15) is 0 Å². The van der Waals surface area contributed by atoms with Crippen LogP contribution in [0.25, 0.3) is 10.8 Å². The molecule has 0 fully saturated rings. The molecular formula is C17H18N2O3. The number of benzene rings is 1. The molecule has 0 atom stereocenters. The number of nitrogens with zero attached hydrogens (tertiary/aromatic N) is 1. The molecule has 1 aliphatic carbocycles. The fourth-order valence-corrected chi connectivity index (χ4v) is 2.51. The molecule has 0 aliphatic heterocycles. The summed E-state index contributed by atoms with van der Waals surface area (Å²) in [6.07, 6.45) is 0.482. The zero-order valence-electron chi connectivity index (χ0n) is 12.8. The lowest BCUT2D eigenvalue weighted by molar-refractivity contribution is -0.385. The van der Waals surface area contributed by atoms with Gasteiger partial charge in [-0.05, 0) is 36.1 Å². The van der Waals surface area contributed by atoms with Gasteiger partial charge >= 0.3 is 0 Å². The molecule has 0 saturated carbocycles. The van der Waals surface area contributed by atoms with E-state index in [2.05, 4.69) is 4.98 Å². The first-order valence-electron chi connectivity index (χ1n) is 7.23. The highest BCUT2D eigenvalue weighted by atomic mass is 16.6. The summed E-state index contributed by atoms with van der Waals surface area (Å²) >= 11 is 0. The molecular weight excluding hydrogens is 280 g/mol. The molecule has 0 saturated heterocycles. The van der Waals surface area contributed by atoms with Crippen molar-refractivity contribution in [2.75, 3.05) is 0 Å². The molecule has 1 aromatic carbocycles. The van der Waals surface area contributed by atoms with Gasteiger partial charge in [0.15, 0.2) is 0 Å². The van der Waals surface area contributed by atoms with E-state index in [1.54, 1.807) is 31.2 Å². The third-order valence-electron chi connectivity index (χ3n) is 3.47. The molecule has 5 heteroatoms. The first-order valence-corrected chi connectivity index (χ1v) is 7.23. The van der Waals surface area contributed by atoms with Crippen molar-refractivity contribution < 1.29 is 4.92 Å². The zero-order valence-corrected chi connectivity index (χ0v) is 12.8. The van der Waals surface area contributed by atoms with Crippen molar-refractivity contribution in [1.82, 2.24) is 4.98 Å². The second-order valence-electron chi connectivity index (χ2n) is 4.84. The minimum absolute atomic E-state index is 0.0719. The average Bonchev–Trinajstić information content (AvgIpc) is 2.91. The van der Waals surface area contributed by atoms with Crippen LogP contribution in [0, 0.1) is 17.0 Å². The monoisotopic (exact) mass is 298 g/mol. The molecule has 0 spiro atoms. The van der Waals surface area contributed by atoms with Crippen molar-refractivity contribution in [1.29, 1.82) is 0 Å².